The zero-order valence-electron chi connectivity index (χ0n) is 12.9. The Bertz CT molecular complexity index is 462. The molecule has 4 heteroatoms. The highest BCUT2D eigenvalue weighted by molar-refractivity contribution is 5.76. The molecule has 21 heavy (non-hydrogen) atoms. The van der Waals surface area contributed by atoms with Gasteiger partial charge in [-0.1, -0.05) is 32.1 Å². The Balaban J connectivity index is 1.48. The maximum Gasteiger partial charge on any atom is 0.222 e. The maximum atomic E-state index is 12.5. The van der Waals surface area contributed by atoms with Gasteiger partial charge in [0.15, 0.2) is 0 Å². The summed E-state index contributed by atoms with van der Waals surface area (Å²) in [5, 5.41) is 0. The van der Waals surface area contributed by atoms with E-state index in [1.807, 2.05) is 0 Å². The van der Waals surface area contributed by atoms with Crippen LogP contribution in [0.5, 0.6) is 0 Å². The number of aromatic nitrogens is 2. The number of amides is 1. The van der Waals surface area contributed by atoms with Crippen LogP contribution in [-0.2, 0) is 17.6 Å². The van der Waals surface area contributed by atoms with Crippen molar-refractivity contribution in [3.8, 4) is 0 Å². The SMILES string of the molecule is O=C(CCC1CCCCC1)N1CCCc2[nH]cnc2CC1. The second kappa shape index (κ2) is 7.10. The first kappa shape index (κ1) is 14.6. The molecule has 2 heterocycles. The molecule has 116 valence electrons. The third kappa shape index (κ3) is 3.86. The molecule has 1 fully saturated rings. The van der Waals surface area contributed by atoms with Crippen LogP contribution in [-0.4, -0.2) is 33.9 Å². The second-order valence-corrected chi connectivity index (χ2v) is 6.60. The van der Waals surface area contributed by atoms with Crippen molar-refractivity contribution >= 4 is 5.91 Å². The minimum atomic E-state index is 0.361. The van der Waals surface area contributed by atoms with E-state index in [1.54, 1.807) is 6.33 Å². The average molecular weight is 289 g/mol. The molecule has 0 unspecified atom stereocenters. The van der Waals surface area contributed by atoms with Crippen molar-refractivity contribution in [2.45, 2.75) is 64.2 Å². The summed E-state index contributed by atoms with van der Waals surface area (Å²) in [5.41, 5.74) is 2.42. The molecule has 0 aromatic carbocycles. The van der Waals surface area contributed by atoms with Gasteiger partial charge in [0.2, 0.25) is 5.91 Å². The molecule has 0 spiro atoms. The van der Waals surface area contributed by atoms with E-state index in [-0.39, 0.29) is 0 Å². The van der Waals surface area contributed by atoms with Crippen LogP contribution in [0.1, 0.15) is 62.8 Å². The molecule has 1 aromatic rings. The minimum Gasteiger partial charge on any atom is -0.348 e. The fourth-order valence-corrected chi connectivity index (χ4v) is 3.79. The van der Waals surface area contributed by atoms with Crippen molar-refractivity contribution in [2.24, 2.45) is 5.92 Å². The van der Waals surface area contributed by atoms with Gasteiger partial charge in [-0.05, 0) is 25.2 Å². The zero-order chi connectivity index (χ0) is 14.5. The Morgan fingerprint density at radius 3 is 2.90 bits per heavy atom. The number of H-pyrrole nitrogens is 1. The number of imidazole rings is 1. The first-order chi connectivity index (χ1) is 10.3. The fourth-order valence-electron chi connectivity index (χ4n) is 3.79. The lowest BCUT2D eigenvalue weighted by Crippen LogP contribution is -2.35. The maximum absolute atomic E-state index is 12.5. The number of rotatable bonds is 3. The van der Waals surface area contributed by atoms with Gasteiger partial charge in [0.05, 0.1) is 12.0 Å². The van der Waals surface area contributed by atoms with Crippen molar-refractivity contribution in [2.75, 3.05) is 13.1 Å². The molecular formula is C17H27N3O. The van der Waals surface area contributed by atoms with E-state index in [2.05, 4.69) is 14.9 Å². The first-order valence-electron chi connectivity index (χ1n) is 8.62. The van der Waals surface area contributed by atoms with Gasteiger partial charge in [0.1, 0.15) is 0 Å². The number of aryl methyl sites for hydroxylation is 1. The van der Waals surface area contributed by atoms with Gasteiger partial charge in [-0.3, -0.25) is 4.79 Å². The van der Waals surface area contributed by atoms with E-state index >= 15 is 0 Å². The summed E-state index contributed by atoms with van der Waals surface area (Å²) in [7, 11) is 0. The highest BCUT2D eigenvalue weighted by atomic mass is 16.2. The molecule has 1 aromatic heterocycles. The van der Waals surface area contributed by atoms with Gasteiger partial charge in [-0.15, -0.1) is 0 Å². The average Bonchev–Trinajstić information content (AvgIpc) is 2.92. The summed E-state index contributed by atoms with van der Waals surface area (Å²) >= 11 is 0. The quantitative estimate of drug-likeness (QED) is 0.929. The Morgan fingerprint density at radius 2 is 2.05 bits per heavy atom. The molecule has 0 saturated heterocycles. The van der Waals surface area contributed by atoms with Crippen LogP contribution in [0, 0.1) is 5.92 Å². The van der Waals surface area contributed by atoms with E-state index in [1.165, 1.54) is 37.8 Å². The third-order valence-corrected chi connectivity index (χ3v) is 5.12. The van der Waals surface area contributed by atoms with Crippen molar-refractivity contribution in [1.82, 2.24) is 14.9 Å². The molecule has 3 rings (SSSR count). The highest BCUT2D eigenvalue weighted by Crippen LogP contribution is 2.27. The summed E-state index contributed by atoms with van der Waals surface area (Å²) in [6.45, 7) is 1.74. The predicted molar refractivity (Wildman–Crippen MR) is 83.0 cm³/mol. The topological polar surface area (TPSA) is 49.0 Å². The number of nitrogens with one attached hydrogen (secondary N) is 1. The molecule has 0 bridgehead atoms. The number of carbonyl (C=O) groups excluding carboxylic acids is 1. The van der Waals surface area contributed by atoms with Crippen molar-refractivity contribution in [3.05, 3.63) is 17.7 Å². The van der Waals surface area contributed by atoms with Gasteiger partial charge in [-0.25, -0.2) is 4.98 Å². The van der Waals surface area contributed by atoms with Gasteiger partial charge in [-0.2, -0.15) is 0 Å². The summed E-state index contributed by atoms with van der Waals surface area (Å²) in [6, 6.07) is 0. The van der Waals surface area contributed by atoms with Gasteiger partial charge in [0, 0.05) is 31.6 Å². The normalized spacial score (nSPS) is 20.7. The van der Waals surface area contributed by atoms with Gasteiger partial charge in [0.25, 0.3) is 0 Å². The van der Waals surface area contributed by atoms with Crippen molar-refractivity contribution < 1.29 is 4.79 Å². The van der Waals surface area contributed by atoms with Crippen LogP contribution in [0.4, 0.5) is 0 Å². The number of carbonyl (C=O) groups is 1. The smallest absolute Gasteiger partial charge is 0.222 e. The molecule has 2 aliphatic rings. The van der Waals surface area contributed by atoms with E-state index < -0.39 is 0 Å². The number of fused-ring (bicyclic) bond motifs is 1. The third-order valence-electron chi connectivity index (χ3n) is 5.12. The van der Waals surface area contributed by atoms with Crippen molar-refractivity contribution in [1.29, 1.82) is 0 Å². The first-order valence-corrected chi connectivity index (χ1v) is 8.62. The molecule has 0 atom stereocenters. The van der Waals surface area contributed by atoms with Crippen LogP contribution in [0.3, 0.4) is 0 Å². The Labute approximate surface area is 127 Å². The minimum absolute atomic E-state index is 0.361. The largest absolute Gasteiger partial charge is 0.348 e. The van der Waals surface area contributed by atoms with Crippen LogP contribution in [0.25, 0.3) is 0 Å². The standard InChI is InChI=1S/C17H27N3O/c21-17(9-8-14-5-2-1-3-6-14)20-11-4-7-15-16(10-12-20)19-13-18-15/h13-14H,1-12H2,(H,18,19). The molecule has 4 nitrogen and oxygen atoms in total. The molecule has 1 aliphatic carbocycles. The number of hydrogen-bond acceptors (Lipinski definition) is 2. The number of nitrogens with zero attached hydrogens (tertiary/aromatic N) is 2. The summed E-state index contributed by atoms with van der Waals surface area (Å²) in [6.07, 6.45) is 13.4. The lowest BCUT2D eigenvalue weighted by atomic mass is 9.86. The molecule has 1 saturated carbocycles. The van der Waals surface area contributed by atoms with Crippen LogP contribution < -0.4 is 0 Å². The van der Waals surface area contributed by atoms with Crippen LogP contribution in [0.2, 0.25) is 0 Å². The number of hydrogen-bond donors (Lipinski definition) is 1. The summed E-state index contributed by atoms with van der Waals surface area (Å²) < 4.78 is 0. The number of aromatic amines is 1. The lowest BCUT2D eigenvalue weighted by Gasteiger charge is -2.26. The highest BCUT2D eigenvalue weighted by Gasteiger charge is 2.20. The van der Waals surface area contributed by atoms with E-state index in [9.17, 15) is 4.79 Å². The van der Waals surface area contributed by atoms with Gasteiger partial charge >= 0.3 is 0 Å². The van der Waals surface area contributed by atoms with E-state index in [4.69, 9.17) is 0 Å². The molecule has 1 aliphatic heterocycles. The summed E-state index contributed by atoms with van der Waals surface area (Å²) in [4.78, 5) is 22.1. The second-order valence-electron chi connectivity index (χ2n) is 6.60. The van der Waals surface area contributed by atoms with Gasteiger partial charge < -0.3 is 9.88 Å². The molecule has 0 radical (unpaired) electrons. The lowest BCUT2D eigenvalue weighted by molar-refractivity contribution is -0.131. The molecular weight excluding hydrogens is 262 g/mol. The fraction of sp³-hybridized carbons (Fsp3) is 0.765. The monoisotopic (exact) mass is 289 g/mol. The predicted octanol–water partition coefficient (Wildman–Crippen LogP) is 3.09. The summed E-state index contributed by atoms with van der Waals surface area (Å²) in [5.74, 6) is 1.16. The Morgan fingerprint density at radius 1 is 1.19 bits per heavy atom. The van der Waals surface area contributed by atoms with E-state index in [0.29, 0.717) is 5.91 Å². The van der Waals surface area contributed by atoms with E-state index in [0.717, 1.165) is 56.8 Å². The Hall–Kier alpha value is -1.32. The van der Waals surface area contributed by atoms with Crippen molar-refractivity contribution in [3.63, 3.8) is 0 Å². The van der Waals surface area contributed by atoms with Crippen LogP contribution >= 0.6 is 0 Å². The molecule has 1 amide bonds. The van der Waals surface area contributed by atoms with Crippen LogP contribution in [0.15, 0.2) is 6.33 Å². The zero-order valence-corrected chi connectivity index (χ0v) is 12.9. The Kier molecular flexibility index (Phi) is 4.94. The molecule has 1 N–H and O–H groups in total.